The van der Waals surface area contributed by atoms with Crippen LogP contribution in [0.5, 0.6) is 0 Å². The summed E-state index contributed by atoms with van der Waals surface area (Å²) >= 11 is 0. The van der Waals surface area contributed by atoms with E-state index in [9.17, 15) is 0 Å². The molecular formula is C14H20OSi. The van der Waals surface area contributed by atoms with Gasteiger partial charge in [-0.2, -0.15) is 0 Å². The Labute approximate surface area is 98.5 Å². The molecule has 0 radical (unpaired) electrons. The third kappa shape index (κ3) is 1.71. The van der Waals surface area contributed by atoms with Gasteiger partial charge >= 0.3 is 0 Å². The van der Waals surface area contributed by atoms with Gasteiger partial charge in [0.05, 0.1) is 14.3 Å². The third-order valence-electron chi connectivity index (χ3n) is 4.10. The van der Waals surface area contributed by atoms with Gasteiger partial charge in [0.15, 0.2) is 0 Å². The van der Waals surface area contributed by atoms with Crippen LogP contribution in [0.1, 0.15) is 20.8 Å². The van der Waals surface area contributed by atoms with Gasteiger partial charge in [0.2, 0.25) is 0 Å². The van der Waals surface area contributed by atoms with Crippen LogP contribution in [0.4, 0.5) is 0 Å². The topological polar surface area (TPSA) is 13.1 Å². The quantitative estimate of drug-likeness (QED) is 0.722. The lowest BCUT2D eigenvalue weighted by molar-refractivity contribution is 0.616. The van der Waals surface area contributed by atoms with Gasteiger partial charge in [-0.1, -0.05) is 56.2 Å². The molecule has 1 aromatic heterocycles. The van der Waals surface area contributed by atoms with Gasteiger partial charge in [-0.05, 0) is 12.1 Å². The van der Waals surface area contributed by atoms with Crippen molar-refractivity contribution in [2.75, 3.05) is 0 Å². The van der Waals surface area contributed by atoms with Crippen LogP contribution in [-0.4, -0.2) is 8.07 Å². The van der Waals surface area contributed by atoms with E-state index in [4.69, 9.17) is 4.42 Å². The maximum Gasteiger partial charge on any atom is 0.133 e. The van der Waals surface area contributed by atoms with Crippen molar-refractivity contribution in [3.8, 4) is 0 Å². The Kier molecular flexibility index (Phi) is 3.19. The first-order chi connectivity index (χ1) is 7.75. The van der Waals surface area contributed by atoms with E-state index in [1.54, 1.807) is 11.4 Å². The van der Waals surface area contributed by atoms with Crippen LogP contribution in [0.15, 0.2) is 34.9 Å². The van der Waals surface area contributed by atoms with Crippen LogP contribution >= 0.6 is 0 Å². The Morgan fingerprint density at radius 1 is 1.00 bits per heavy atom. The van der Waals surface area contributed by atoms with Crippen molar-refractivity contribution in [2.24, 2.45) is 0 Å². The summed E-state index contributed by atoms with van der Waals surface area (Å²) in [6.45, 7) is 7.04. The van der Waals surface area contributed by atoms with Crippen molar-refractivity contribution in [3.63, 3.8) is 0 Å². The predicted molar refractivity (Wildman–Crippen MR) is 73.0 cm³/mol. The van der Waals surface area contributed by atoms with Gasteiger partial charge in [-0.3, -0.25) is 0 Å². The standard InChI is InChI=1S/C14H20OSi/c1-4-16(5-2,6-3)13-7-8-14-12(11-13)9-10-15-14/h7-11H,4-6H2,1-3H3. The average molecular weight is 232 g/mol. The molecule has 0 aliphatic rings. The van der Waals surface area contributed by atoms with Gasteiger partial charge in [0, 0.05) is 5.39 Å². The molecule has 2 aromatic rings. The fourth-order valence-corrected chi connectivity index (χ4v) is 6.28. The minimum Gasteiger partial charge on any atom is -0.464 e. The number of rotatable bonds is 4. The molecule has 0 saturated heterocycles. The fraction of sp³-hybridized carbons (Fsp3) is 0.429. The Hall–Kier alpha value is -1.02. The molecule has 0 saturated carbocycles. The van der Waals surface area contributed by atoms with Crippen molar-refractivity contribution in [1.82, 2.24) is 0 Å². The molecule has 2 rings (SSSR count). The molecule has 0 aliphatic heterocycles. The van der Waals surface area contributed by atoms with E-state index >= 15 is 0 Å². The SMILES string of the molecule is CC[Si](CC)(CC)c1ccc2occc2c1. The molecule has 0 bridgehead atoms. The molecule has 0 fully saturated rings. The average Bonchev–Trinajstić information content (AvgIpc) is 2.79. The monoisotopic (exact) mass is 232 g/mol. The van der Waals surface area contributed by atoms with Crippen molar-refractivity contribution >= 4 is 24.2 Å². The second kappa shape index (κ2) is 4.46. The molecular weight excluding hydrogens is 212 g/mol. The fourth-order valence-electron chi connectivity index (χ4n) is 2.66. The molecule has 0 unspecified atom stereocenters. The highest BCUT2D eigenvalue weighted by Crippen LogP contribution is 2.22. The van der Waals surface area contributed by atoms with Crippen molar-refractivity contribution < 1.29 is 4.42 Å². The van der Waals surface area contributed by atoms with Crippen LogP contribution in [0, 0.1) is 0 Å². The van der Waals surface area contributed by atoms with E-state index in [1.807, 2.05) is 0 Å². The summed E-state index contributed by atoms with van der Waals surface area (Å²) in [5.74, 6) is 0. The smallest absolute Gasteiger partial charge is 0.133 e. The molecule has 2 heteroatoms. The highest BCUT2D eigenvalue weighted by atomic mass is 28.3. The van der Waals surface area contributed by atoms with Crippen LogP contribution < -0.4 is 5.19 Å². The first kappa shape index (κ1) is 11.5. The zero-order valence-electron chi connectivity index (χ0n) is 10.4. The van der Waals surface area contributed by atoms with Gasteiger partial charge in [0.25, 0.3) is 0 Å². The van der Waals surface area contributed by atoms with Gasteiger partial charge in [-0.15, -0.1) is 0 Å². The van der Waals surface area contributed by atoms with E-state index in [1.165, 1.54) is 23.5 Å². The van der Waals surface area contributed by atoms with E-state index in [0.717, 1.165) is 5.58 Å². The first-order valence-electron chi connectivity index (χ1n) is 6.23. The molecule has 1 heterocycles. The summed E-state index contributed by atoms with van der Waals surface area (Å²) in [5, 5.41) is 2.85. The summed E-state index contributed by atoms with van der Waals surface area (Å²) in [4.78, 5) is 0. The number of fused-ring (bicyclic) bond motifs is 1. The predicted octanol–water partition coefficient (Wildman–Crippen LogP) is 4.15. The lowest BCUT2D eigenvalue weighted by atomic mass is 10.3. The highest BCUT2D eigenvalue weighted by Gasteiger charge is 2.29. The van der Waals surface area contributed by atoms with Crippen molar-refractivity contribution in [3.05, 3.63) is 30.5 Å². The molecule has 0 N–H and O–H groups in total. The molecule has 0 aliphatic carbocycles. The lowest BCUT2D eigenvalue weighted by Gasteiger charge is -2.28. The van der Waals surface area contributed by atoms with Crippen molar-refractivity contribution in [1.29, 1.82) is 0 Å². The second-order valence-electron chi connectivity index (χ2n) is 4.51. The second-order valence-corrected chi connectivity index (χ2v) is 9.77. The Morgan fingerprint density at radius 3 is 2.31 bits per heavy atom. The van der Waals surface area contributed by atoms with E-state index < -0.39 is 8.07 Å². The molecule has 1 aromatic carbocycles. The molecule has 1 nitrogen and oxygen atoms in total. The summed E-state index contributed by atoms with van der Waals surface area (Å²) in [6, 6.07) is 12.8. The van der Waals surface area contributed by atoms with E-state index in [2.05, 4.69) is 45.0 Å². The third-order valence-corrected chi connectivity index (χ3v) is 9.69. The summed E-state index contributed by atoms with van der Waals surface area (Å²) in [5.41, 5.74) is 1.01. The lowest BCUT2D eigenvalue weighted by Crippen LogP contribution is -2.45. The minimum absolute atomic E-state index is 1.01. The minimum atomic E-state index is -1.23. The van der Waals surface area contributed by atoms with Crippen LogP contribution in [0.25, 0.3) is 11.0 Å². The van der Waals surface area contributed by atoms with Gasteiger partial charge < -0.3 is 4.42 Å². The molecule has 86 valence electrons. The van der Waals surface area contributed by atoms with Crippen LogP contribution in [0.2, 0.25) is 18.1 Å². The summed E-state index contributed by atoms with van der Waals surface area (Å²) in [6.07, 6.45) is 1.78. The van der Waals surface area contributed by atoms with Gasteiger partial charge in [0.1, 0.15) is 5.58 Å². The van der Waals surface area contributed by atoms with Crippen LogP contribution in [-0.2, 0) is 0 Å². The Bertz CT molecular complexity index is 460. The van der Waals surface area contributed by atoms with E-state index in [-0.39, 0.29) is 0 Å². The molecule has 0 amide bonds. The zero-order chi connectivity index (χ0) is 11.6. The maximum atomic E-state index is 5.40. The Morgan fingerprint density at radius 2 is 1.69 bits per heavy atom. The summed E-state index contributed by atoms with van der Waals surface area (Å²) < 4.78 is 5.40. The highest BCUT2D eigenvalue weighted by molar-refractivity contribution is 6.91. The number of benzene rings is 1. The maximum absolute atomic E-state index is 5.40. The summed E-state index contributed by atoms with van der Waals surface area (Å²) in [7, 11) is -1.23. The first-order valence-corrected chi connectivity index (χ1v) is 8.85. The molecule has 0 atom stereocenters. The van der Waals surface area contributed by atoms with Gasteiger partial charge in [-0.25, -0.2) is 0 Å². The van der Waals surface area contributed by atoms with E-state index in [0.29, 0.717) is 0 Å². The zero-order valence-corrected chi connectivity index (χ0v) is 11.4. The molecule has 16 heavy (non-hydrogen) atoms. The van der Waals surface area contributed by atoms with Crippen LogP contribution in [0.3, 0.4) is 0 Å². The van der Waals surface area contributed by atoms with Crippen molar-refractivity contribution in [2.45, 2.75) is 38.9 Å². The number of hydrogen-bond donors (Lipinski definition) is 0. The largest absolute Gasteiger partial charge is 0.464 e. The number of furan rings is 1. The number of hydrogen-bond acceptors (Lipinski definition) is 1. The normalized spacial score (nSPS) is 12.2. The Balaban J connectivity index is 2.51. The molecule has 0 spiro atoms.